The first kappa shape index (κ1) is 12.0. The van der Waals surface area contributed by atoms with Gasteiger partial charge in [0.1, 0.15) is 5.78 Å². The van der Waals surface area contributed by atoms with E-state index in [0.717, 1.165) is 0 Å². The van der Waals surface area contributed by atoms with Crippen LogP contribution in [0.5, 0.6) is 0 Å². The number of Topliss-reactive ketones (excluding diaryl/α,β-unsaturated/α-hetero) is 1. The average Bonchev–Trinajstić information content (AvgIpc) is 2.17. The second kappa shape index (κ2) is 4.61. The van der Waals surface area contributed by atoms with Crippen LogP contribution < -0.4 is 0 Å². The molecule has 1 aromatic carbocycles. The highest BCUT2D eigenvalue weighted by molar-refractivity contribution is 5.84. The SMILES string of the molecule is C[C@@H](CC(=O)C(C)(C)C)c1ccccc1. The maximum atomic E-state index is 11.8. The number of hydrogen-bond acceptors (Lipinski definition) is 1. The van der Waals surface area contributed by atoms with Crippen molar-refractivity contribution in [3.63, 3.8) is 0 Å². The minimum absolute atomic E-state index is 0.219. The highest BCUT2D eigenvalue weighted by Crippen LogP contribution is 2.25. The highest BCUT2D eigenvalue weighted by Gasteiger charge is 2.23. The molecule has 0 saturated heterocycles. The van der Waals surface area contributed by atoms with Crippen molar-refractivity contribution in [2.45, 2.75) is 40.0 Å². The van der Waals surface area contributed by atoms with Crippen molar-refractivity contribution < 1.29 is 4.79 Å². The van der Waals surface area contributed by atoms with Crippen LogP contribution in [-0.2, 0) is 4.79 Å². The summed E-state index contributed by atoms with van der Waals surface area (Å²) >= 11 is 0. The number of ketones is 1. The smallest absolute Gasteiger partial charge is 0.138 e. The summed E-state index contributed by atoms with van der Waals surface area (Å²) in [6.45, 7) is 8.05. The first-order valence-corrected chi connectivity index (χ1v) is 5.49. The normalized spacial score (nSPS) is 13.6. The van der Waals surface area contributed by atoms with Gasteiger partial charge in [-0.2, -0.15) is 0 Å². The molecular weight excluding hydrogens is 184 g/mol. The van der Waals surface area contributed by atoms with E-state index in [1.165, 1.54) is 5.56 Å². The lowest BCUT2D eigenvalue weighted by Crippen LogP contribution is -2.21. The third-order valence-corrected chi connectivity index (χ3v) is 2.70. The molecule has 1 aromatic rings. The second-order valence-corrected chi connectivity index (χ2v) is 5.19. The summed E-state index contributed by atoms with van der Waals surface area (Å²) in [5.74, 6) is 0.650. The maximum absolute atomic E-state index is 11.8. The molecule has 0 saturated carbocycles. The molecule has 0 fully saturated rings. The van der Waals surface area contributed by atoms with Crippen LogP contribution in [0.4, 0.5) is 0 Å². The van der Waals surface area contributed by atoms with E-state index in [0.29, 0.717) is 18.1 Å². The number of hydrogen-bond donors (Lipinski definition) is 0. The highest BCUT2D eigenvalue weighted by atomic mass is 16.1. The zero-order chi connectivity index (χ0) is 11.5. The molecule has 1 nitrogen and oxygen atoms in total. The van der Waals surface area contributed by atoms with Crippen LogP contribution in [0, 0.1) is 5.41 Å². The van der Waals surface area contributed by atoms with Crippen LogP contribution in [0.2, 0.25) is 0 Å². The Morgan fingerprint density at radius 1 is 1.20 bits per heavy atom. The maximum Gasteiger partial charge on any atom is 0.138 e. The summed E-state index contributed by atoms with van der Waals surface area (Å²) in [4.78, 5) is 11.8. The first-order valence-electron chi connectivity index (χ1n) is 5.49. The van der Waals surface area contributed by atoms with E-state index in [-0.39, 0.29) is 5.41 Å². The minimum atomic E-state index is -0.219. The molecule has 1 heteroatoms. The molecule has 0 unspecified atom stereocenters. The molecule has 82 valence electrons. The molecular formula is C14H20O. The Labute approximate surface area is 92.5 Å². The third kappa shape index (κ3) is 3.50. The van der Waals surface area contributed by atoms with Gasteiger partial charge in [0.2, 0.25) is 0 Å². The van der Waals surface area contributed by atoms with Gasteiger partial charge in [-0.1, -0.05) is 58.0 Å². The fourth-order valence-corrected chi connectivity index (χ4v) is 1.48. The van der Waals surface area contributed by atoms with Gasteiger partial charge in [0.25, 0.3) is 0 Å². The predicted molar refractivity (Wildman–Crippen MR) is 63.9 cm³/mol. The fraction of sp³-hybridized carbons (Fsp3) is 0.500. The average molecular weight is 204 g/mol. The van der Waals surface area contributed by atoms with E-state index in [2.05, 4.69) is 19.1 Å². The molecule has 0 spiro atoms. The van der Waals surface area contributed by atoms with Crippen molar-refractivity contribution >= 4 is 5.78 Å². The Balaban J connectivity index is 2.65. The molecule has 0 bridgehead atoms. The molecule has 1 atom stereocenters. The standard InChI is InChI=1S/C14H20O/c1-11(10-13(15)14(2,3)4)12-8-6-5-7-9-12/h5-9,11H,10H2,1-4H3/t11-/m0/s1. The van der Waals surface area contributed by atoms with E-state index in [1.54, 1.807) is 0 Å². The van der Waals surface area contributed by atoms with Crippen LogP contribution in [0.15, 0.2) is 30.3 Å². The van der Waals surface area contributed by atoms with Gasteiger partial charge in [-0.3, -0.25) is 4.79 Å². The first-order chi connectivity index (χ1) is 6.91. The quantitative estimate of drug-likeness (QED) is 0.732. The third-order valence-electron chi connectivity index (χ3n) is 2.70. The summed E-state index contributed by atoms with van der Waals surface area (Å²) in [5.41, 5.74) is 1.03. The number of carbonyl (C=O) groups excluding carboxylic acids is 1. The van der Waals surface area contributed by atoms with Gasteiger partial charge in [0.05, 0.1) is 0 Å². The molecule has 0 radical (unpaired) electrons. The predicted octanol–water partition coefficient (Wildman–Crippen LogP) is 3.80. The van der Waals surface area contributed by atoms with E-state index < -0.39 is 0 Å². The lowest BCUT2D eigenvalue weighted by molar-refractivity contribution is -0.126. The largest absolute Gasteiger partial charge is 0.299 e. The van der Waals surface area contributed by atoms with Gasteiger partial charge in [-0.15, -0.1) is 0 Å². The van der Waals surface area contributed by atoms with Crippen molar-refractivity contribution in [3.05, 3.63) is 35.9 Å². The van der Waals surface area contributed by atoms with Crippen molar-refractivity contribution in [2.24, 2.45) is 5.41 Å². The van der Waals surface area contributed by atoms with Crippen molar-refractivity contribution in [1.82, 2.24) is 0 Å². The molecule has 0 aliphatic heterocycles. The Bertz CT molecular complexity index is 319. The van der Waals surface area contributed by atoms with Crippen LogP contribution in [0.3, 0.4) is 0 Å². The molecule has 0 aliphatic rings. The van der Waals surface area contributed by atoms with E-state index in [4.69, 9.17) is 0 Å². The van der Waals surface area contributed by atoms with Crippen LogP contribution in [0.25, 0.3) is 0 Å². The van der Waals surface area contributed by atoms with Crippen LogP contribution >= 0.6 is 0 Å². The van der Waals surface area contributed by atoms with Crippen molar-refractivity contribution in [2.75, 3.05) is 0 Å². The molecule has 0 aliphatic carbocycles. The molecule has 0 N–H and O–H groups in total. The van der Waals surface area contributed by atoms with Crippen molar-refractivity contribution in [1.29, 1.82) is 0 Å². The van der Waals surface area contributed by atoms with Crippen LogP contribution in [-0.4, -0.2) is 5.78 Å². The Morgan fingerprint density at radius 3 is 2.20 bits per heavy atom. The van der Waals surface area contributed by atoms with Gasteiger partial charge < -0.3 is 0 Å². The molecule has 0 amide bonds. The Kier molecular flexibility index (Phi) is 3.67. The summed E-state index contributed by atoms with van der Waals surface area (Å²) in [5, 5.41) is 0. The Morgan fingerprint density at radius 2 is 1.73 bits per heavy atom. The van der Waals surface area contributed by atoms with Gasteiger partial charge >= 0.3 is 0 Å². The number of benzene rings is 1. The lowest BCUT2D eigenvalue weighted by Gasteiger charge is -2.19. The van der Waals surface area contributed by atoms with Crippen molar-refractivity contribution in [3.8, 4) is 0 Å². The van der Waals surface area contributed by atoms with Gasteiger partial charge in [-0.25, -0.2) is 0 Å². The zero-order valence-electron chi connectivity index (χ0n) is 10.1. The van der Waals surface area contributed by atoms with E-state index in [1.807, 2.05) is 39.0 Å². The number of carbonyl (C=O) groups is 1. The van der Waals surface area contributed by atoms with Gasteiger partial charge in [0.15, 0.2) is 0 Å². The second-order valence-electron chi connectivity index (χ2n) is 5.19. The fourth-order valence-electron chi connectivity index (χ4n) is 1.48. The molecule has 1 rings (SSSR count). The van der Waals surface area contributed by atoms with Gasteiger partial charge in [-0.05, 0) is 11.5 Å². The minimum Gasteiger partial charge on any atom is -0.299 e. The van der Waals surface area contributed by atoms with Crippen LogP contribution in [0.1, 0.15) is 45.6 Å². The van der Waals surface area contributed by atoms with E-state index >= 15 is 0 Å². The van der Waals surface area contributed by atoms with E-state index in [9.17, 15) is 4.79 Å². The topological polar surface area (TPSA) is 17.1 Å². The summed E-state index contributed by atoms with van der Waals surface area (Å²) in [6.07, 6.45) is 0.632. The summed E-state index contributed by atoms with van der Waals surface area (Å²) in [7, 11) is 0. The molecule has 0 aromatic heterocycles. The molecule has 15 heavy (non-hydrogen) atoms. The number of rotatable bonds is 3. The van der Waals surface area contributed by atoms with Gasteiger partial charge in [0, 0.05) is 11.8 Å². The zero-order valence-corrected chi connectivity index (χ0v) is 10.1. The summed E-state index contributed by atoms with van der Waals surface area (Å²) < 4.78 is 0. The lowest BCUT2D eigenvalue weighted by atomic mass is 9.84. The Hall–Kier alpha value is -1.11. The molecule has 0 heterocycles. The monoisotopic (exact) mass is 204 g/mol. The summed E-state index contributed by atoms with van der Waals surface area (Å²) in [6, 6.07) is 10.2.